The van der Waals surface area contributed by atoms with Crippen LogP contribution < -0.4 is 10.3 Å². The lowest BCUT2D eigenvalue weighted by Gasteiger charge is -2.14. The van der Waals surface area contributed by atoms with Gasteiger partial charge in [-0.25, -0.2) is 0 Å². The van der Waals surface area contributed by atoms with E-state index in [1.807, 2.05) is 13.0 Å². The van der Waals surface area contributed by atoms with Gasteiger partial charge >= 0.3 is 0 Å². The van der Waals surface area contributed by atoms with E-state index < -0.39 is 0 Å². The normalized spacial score (nSPS) is 17.2. The van der Waals surface area contributed by atoms with Gasteiger partial charge in [0.1, 0.15) is 5.84 Å². The number of halogens is 2. The second-order valence-corrected chi connectivity index (χ2v) is 7.97. The van der Waals surface area contributed by atoms with Crippen molar-refractivity contribution in [3.8, 4) is 11.8 Å². The van der Waals surface area contributed by atoms with E-state index >= 15 is 0 Å². The molecule has 1 aromatic rings. The fourth-order valence-electron chi connectivity index (χ4n) is 2.34. The molecule has 0 saturated heterocycles. The lowest BCUT2D eigenvalue weighted by molar-refractivity contribution is -0.116. The Labute approximate surface area is 171 Å². The number of amidine groups is 1. The molecule has 4 nitrogen and oxygen atoms in total. The highest BCUT2D eigenvalue weighted by Crippen LogP contribution is 2.29. The standard InChI is InChI=1S/C21H25Cl2N3O/c1-13(2)14(3)7-6-8-15(4)21(27)24-20-16(5)12-26(25-20)17-9-10-18(22)19(23)11-17/h9-11,13-14,16H,4,8,12H2,1-3,5H3,(H,24,25,27)/t14-,16-/m0/s1. The highest BCUT2D eigenvalue weighted by atomic mass is 35.5. The molecule has 1 amide bonds. The Kier molecular flexibility index (Phi) is 7.35. The summed E-state index contributed by atoms with van der Waals surface area (Å²) in [5.41, 5.74) is 1.26. The van der Waals surface area contributed by atoms with Crippen LogP contribution in [0.5, 0.6) is 0 Å². The third-order valence-electron chi connectivity index (χ3n) is 4.54. The van der Waals surface area contributed by atoms with Crippen molar-refractivity contribution in [3.05, 3.63) is 40.4 Å². The number of amides is 1. The van der Waals surface area contributed by atoms with Crippen LogP contribution in [-0.2, 0) is 4.79 Å². The summed E-state index contributed by atoms with van der Waals surface area (Å²) in [6.45, 7) is 12.8. The minimum absolute atomic E-state index is 0.0725. The SMILES string of the molecule is C=C(CC#C[C@H](C)C(C)C)C(=O)NC1=NN(c2ccc(Cl)c(Cl)c2)C[C@@H]1C. The van der Waals surface area contributed by atoms with Gasteiger partial charge in [0.2, 0.25) is 0 Å². The average molecular weight is 406 g/mol. The number of rotatable bonds is 4. The maximum absolute atomic E-state index is 12.4. The van der Waals surface area contributed by atoms with Crippen LogP contribution in [0.15, 0.2) is 35.5 Å². The zero-order chi connectivity index (χ0) is 20.1. The summed E-state index contributed by atoms with van der Waals surface area (Å²) in [7, 11) is 0. The van der Waals surface area contributed by atoms with Crippen molar-refractivity contribution >= 4 is 40.6 Å². The van der Waals surface area contributed by atoms with Crippen LogP contribution in [0.4, 0.5) is 5.69 Å². The van der Waals surface area contributed by atoms with Gasteiger partial charge in [0.05, 0.1) is 22.3 Å². The molecule has 0 unspecified atom stereocenters. The molecule has 6 heteroatoms. The van der Waals surface area contributed by atoms with E-state index in [4.69, 9.17) is 23.2 Å². The maximum atomic E-state index is 12.4. The molecule has 0 fully saturated rings. The molecule has 1 aliphatic rings. The van der Waals surface area contributed by atoms with Crippen LogP contribution in [0, 0.1) is 29.6 Å². The third-order valence-corrected chi connectivity index (χ3v) is 5.28. The zero-order valence-electron chi connectivity index (χ0n) is 16.1. The van der Waals surface area contributed by atoms with E-state index in [0.29, 0.717) is 46.3 Å². The lowest BCUT2D eigenvalue weighted by Crippen LogP contribution is -2.34. The molecule has 1 aromatic carbocycles. The first-order chi connectivity index (χ1) is 12.7. The highest BCUT2D eigenvalue weighted by Gasteiger charge is 2.26. The molecular formula is C21H25Cl2N3O. The van der Waals surface area contributed by atoms with Crippen molar-refractivity contribution in [3.63, 3.8) is 0 Å². The largest absolute Gasteiger partial charge is 0.309 e. The van der Waals surface area contributed by atoms with Gasteiger partial charge in [-0.05, 0) is 24.1 Å². The van der Waals surface area contributed by atoms with E-state index in [2.05, 4.69) is 49.6 Å². The number of nitrogens with one attached hydrogen (secondary N) is 1. The minimum atomic E-state index is -0.247. The monoisotopic (exact) mass is 405 g/mol. The summed E-state index contributed by atoms with van der Waals surface area (Å²) >= 11 is 12.0. The number of nitrogens with zero attached hydrogens (tertiary/aromatic N) is 2. The van der Waals surface area contributed by atoms with Crippen molar-refractivity contribution in [1.29, 1.82) is 0 Å². The molecule has 0 spiro atoms. The summed E-state index contributed by atoms with van der Waals surface area (Å²) < 4.78 is 0. The zero-order valence-corrected chi connectivity index (χ0v) is 17.7. The molecule has 1 heterocycles. The van der Waals surface area contributed by atoms with Gasteiger partial charge < -0.3 is 5.32 Å². The van der Waals surface area contributed by atoms with Gasteiger partial charge in [-0.15, -0.1) is 0 Å². The summed E-state index contributed by atoms with van der Waals surface area (Å²) in [5.74, 6) is 7.41. The van der Waals surface area contributed by atoms with Crippen molar-refractivity contribution in [2.24, 2.45) is 22.9 Å². The molecule has 1 N–H and O–H groups in total. The van der Waals surface area contributed by atoms with Crippen LogP contribution >= 0.6 is 23.2 Å². The summed E-state index contributed by atoms with van der Waals surface area (Å²) in [4.78, 5) is 12.4. The molecule has 2 atom stereocenters. The highest BCUT2D eigenvalue weighted by molar-refractivity contribution is 6.42. The maximum Gasteiger partial charge on any atom is 0.252 e. The second kappa shape index (κ2) is 9.30. The fourth-order valence-corrected chi connectivity index (χ4v) is 2.63. The Hall–Kier alpha value is -1.96. The smallest absolute Gasteiger partial charge is 0.252 e. The number of anilines is 1. The average Bonchev–Trinajstić information content (AvgIpc) is 2.97. The van der Waals surface area contributed by atoms with Crippen LogP contribution in [0.1, 0.15) is 34.1 Å². The summed E-state index contributed by atoms with van der Waals surface area (Å²) in [6, 6.07) is 5.34. The number of benzene rings is 1. The molecule has 0 bridgehead atoms. The van der Waals surface area contributed by atoms with E-state index in [1.54, 1.807) is 17.1 Å². The molecule has 1 aliphatic heterocycles. The Bertz CT molecular complexity index is 820. The number of hydrazone groups is 1. The van der Waals surface area contributed by atoms with Crippen LogP contribution in [0.3, 0.4) is 0 Å². The van der Waals surface area contributed by atoms with Gasteiger partial charge in [0, 0.05) is 23.8 Å². The molecule has 0 saturated carbocycles. The number of hydrogen-bond acceptors (Lipinski definition) is 3. The van der Waals surface area contributed by atoms with Crippen LogP contribution in [0.2, 0.25) is 10.0 Å². The Morgan fingerprint density at radius 3 is 2.70 bits per heavy atom. The summed E-state index contributed by atoms with van der Waals surface area (Å²) in [6.07, 6.45) is 0.348. The first-order valence-corrected chi connectivity index (χ1v) is 9.73. The van der Waals surface area contributed by atoms with Gasteiger partial charge in [-0.2, -0.15) is 5.10 Å². The first kappa shape index (κ1) is 21.3. The van der Waals surface area contributed by atoms with Crippen molar-refractivity contribution in [2.45, 2.75) is 34.1 Å². The Morgan fingerprint density at radius 1 is 1.37 bits per heavy atom. The van der Waals surface area contributed by atoms with Gasteiger partial charge in [-0.3, -0.25) is 9.80 Å². The van der Waals surface area contributed by atoms with E-state index in [0.717, 1.165) is 5.69 Å². The second-order valence-electron chi connectivity index (χ2n) is 7.16. The van der Waals surface area contributed by atoms with E-state index in [-0.39, 0.29) is 11.8 Å². The molecule has 0 radical (unpaired) electrons. The molecule has 2 rings (SSSR count). The van der Waals surface area contributed by atoms with Gasteiger partial charge in [-0.1, -0.05) is 69.3 Å². The van der Waals surface area contributed by atoms with E-state index in [9.17, 15) is 4.79 Å². The number of carbonyl (C=O) groups excluding carboxylic acids is 1. The van der Waals surface area contributed by atoms with E-state index in [1.165, 1.54) is 0 Å². The number of carbonyl (C=O) groups is 1. The fraction of sp³-hybridized carbons (Fsp3) is 0.429. The first-order valence-electron chi connectivity index (χ1n) is 8.97. The van der Waals surface area contributed by atoms with Gasteiger partial charge in [0.15, 0.2) is 0 Å². The molecule has 144 valence electrons. The minimum Gasteiger partial charge on any atom is -0.309 e. The Balaban J connectivity index is 2.00. The summed E-state index contributed by atoms with van der Waals surface area (Å²) in [5, 5.41) is 10.1. The van der Waals surface area contributed by atoms with Gasteiger partial charge in [0.25, 0.3) is 5.91 Å². The molecular weight excluding hydrogens is 381 g/mol. The molecule has 0 aliphatic carbocycles. The quantitative estimate of drug-likeness (QED) is 0.557. The predicted octanol–water partition coefficient (Wildman–Crippen LogP) is 5.12. The molecule has 0 aromatic heterocycles. The van der Waals surface area contributed by atoms with Crippen molar-refractivity contribution in [2.75, 3.05) is 11.6 Å². The predicted molar refractivity (Wildman–Crippen MR) is 114 cm³/mol. The topological polar surface area (TPSA) is 44.7 Å². The third kappa shape index (κ3) is 5.76. The lowest BCUT2D eigenvalue weighted by atomic mass is 9.98. The molecule has 27 heavy (non-hydrogen) atoms. The van der Waals surface area contributed by atoms with Crippen LogP contribution in [0.25, 0.3) is 0 Å². The number of hydrogen-bond donors (Lipinski definition) is 1. The van der Waals surface area contributed by atoms with Crippen molar-refractivity contribution < 1.29 is 4.79 Å². The Morgan fingerprint density at radius 2 is 2.07 bits per heavy atom. The van der Waals surface area contributed by atoms with Crippen molar-refractivity contribution in [1.82, 2.24) is 5.32 Å². The van der Waals surface area contributed by atoms with Crippen LogP contribution in [-0.4, -0.2) is 18.3 Å².